The van der Waals surface area contributed by atoms with Crippen molar-refractivity contribution in [3.63, 3.8) is 0 Å². The second-order valence-corrected chi connectivity index (χ2v) is 6.63. The number of hydrogen-bond acceptors (Lipinski definition) is 4. The van der Waals surface area contributed by atoms with Crippen molar-refractivity contribution in [2.45, 2.75) is 19.0 Å². The molecular weight excluding hydrogens is 349 g/mol. The maximum absolute atomic E-state index is 13.5. The van der Waals surface area contributed by atoms with E-state index in [9.17, 15) is 27.6 Å². The molecule has 3 unspecified atom stereocenters. The molecule has 26 heavy (non-hydrogen) atoms. The number of carbonyl (C=O) groups excluding carboxylic acids is 3. The van der Waals surface area contributed by atoms with Gasteiger partial charge in [0.2, 0.25) is 11.8 Å². The van der Waals surface area contributed by atoms with Crippen LogP contribution in [-0.4, -0.2) is 29.5 Å². The fourth-order valence-electron chi connectivity index (χ4n) is 4.23. The molecule has 1 saturated heterocycles. The van der Waals surface area contributed by atoms with E-state index in [1.165, 1.54) is 24.3 Å². The summed E-state index contributed by atoms with van der Waals surface area (Å²) in [6.07, 6.45) is 3.01. The topological polar surface area (TPSA) is 75.6 Å². The highest BCUT2D eigenvalue weighted by molar-refractivity contribution is 6.18. The Bertz CT molecular complexity index is 892. The quantitative estimate of drug-likeness (QED) is 0.727. The average Bonchev–Trinajstić information content (AvgIpc) is 2.94. The zero-order chi connectivity index (χ0) is 18.7. The monoisotopic (exact) mass is 362 g/mol. The molecule has 0 radical (unpaired) electrons. The van der Waals surface area contributed by atoms with Crippen LogP contribution in [0.5, 0.6) is 0 Å². The summed E-state index contributed by atoms with van der Waals surface area (Å²) in [5.74, 6) is -3.51. The number of imide groups is 1. The summed E-state index contributed by atoms with van der Waals surface area (Å²) in [6.45, 7) is 0. The minimum absolute atomic E-state index is 0.0389. The zero-order valence-electron chi connectivity index (χ0n) is 13.3. The van der Waals surface area contributed by atoms with Crippen LogP contribution in [0.3, 0.4) is 0 Å². The number of nitrogens with one attached hydrogen (secondary N) is 1. The Hall–Kier alpha value is -2.77. The SMILES string of the molecule is O=C1CCC(C2C(=O)C=CC3=NC=C4C(C(F)(F)F)=CC=CC432)C(=O)N1. The number of halogens is 3. The normalized spacial score (nSPS) is 33.2. The number of piperidine rings is 1. The number of aliphatic imine (C=N–C) groups is 1. The van der Waals surface area contributed by atoms with Crippen LogP contribution in [0.15, 0.2) is 52.7 Å². The first-order valence-electron chi connectivity index (χ1n) is 8.07. The maximum atomic E-state index is 13.5. The minimum Gasteiger partial charge on any atom is -0.296 e. The number of ketones is 1. The lowest BCUT2D eigenvalue weighted by atomic mass is 9.56. The maximum Gasteiger partial charge on any atom is 0.416 e. The molecule has 2 aliphatic carbocycles. The third kappa shape index (κ3) is 2.17. The van der Waals surface area contributed by atoms with Crippen molar-refractivity contribution in [1.29, 1.82) is 0 Å². The van der Waals surface area contributed by atoms with E-state index in [-0.39, 0.29) is 18.4 Å². The van der Waals surface area contributed by atoms with Gasteiger partial charge in [0.1, 0.15) is 0 Å². The van der Waals surface area contributed by atoms with E-state index in [0.29, 0.717) is 5.71 Å². The summed E-state index contributed by atoms with van der Waals surface area (Å²) in [6, 6.07) is 0. The molecule has 0 bridgehead atoms. The van der Waals surface area contributed by atoms with Gasteiger partial charge in [-0.1, -0.05) is 12.2 Å². The van der Waals surface area contributed by atoms with Crippen molar-refractivity contribution in [2.75, 3.05) is 0 Å². The third-order valence-electron chi connectivity index (χ3n) is 5.31. The summed E-state index contributed by atoms with van der Waals surface area (Å²) in [5, 5.41) is 2.19. The highest BCUT2D eigenvalue weighted by Gasteiger charge is 2.59. The molecule has 134 valence electrons. The van der Waals surface area contributed by atoms with Crippen molar-refractivity contribution in [1.82, 2.24) is 5.32 Å². The molecule has 4 rings (SSSR count). The Balaban J connectivity index is 1.85. The Kier molecular flexibility index (Phi) is 3.44. The van der Waals surface area contributed by atoms with Crippen molar-refractivity contribution in [3.8, 4) is 0 Å². The highest BCUT2D eigenvalue weighted by atomic mass is 19.4. The van der Waals surface area contributed by atoms with E-state index < -0.39 is 46.6 Å². The van der Waals surface area contributed by atoms with Crippen LogP contribution in [0.2, 0.25) is 0 Å². The number of hydrogen-bond donors (Lipinski definition) is 1. The van der Waals surface area contributed by atoms with Gasteiger partial charge in [-0.25, -0.2) is 0 Å². The fraction of sp³-hybridized carbons (Fsp3) is 0.333. The lowest BCUT2D eigenvalue weighted by Gasteiger charge is -2.44. The van der Waals surface area contributed by atoms with Crippen LogP contribution in [0.4, 0.5) is 13.2 Å². The van der Waals surface area contributed by atoms with Crippen molar-refractivity contribution in [3.05, 3.63) is 47.7 Å². The second-order valence-electron chi connectivity index (χ2n) is 6.63. The van der Waals surface area contributed by atoms with Gasteiger partial charge in [-0.05, 0) is 30.2 Å². The average molecular weight is 362 g/mol. The van der Waals surface area contributed by atoms with Crippen LogP contribution in [-0.2, 0) is 14.4 Å². The van der Waals surface area contributed by atoms with E-state index in [1.807, 2.05) is 0 Å². The van der Waals surface area contributed by atoms with E-state index >= 15 is 0 Å². The molecule has 2 heterocycles. The van der Waals surface area contributed by atoms with Gasteiger partial charge in [-0.15, -0.1) is 0 Å². The van der Waals surface area contributed by atoms with E-state index in [2.05, 4.69) is 10.3 Å². The number of amides is 2. The number of alkyl halides is 3. The molecule has 2 amide bonds. The van der Waals surface area contributed by atoms with Gasteiger partial charge in [0.25, 0.3) is 0 Å². The largest absolute Gasteiger partial charge is 0.416 e. The van der Waals surface area contributed by atoms with Gasteiger partial charge in [-0.3, -0.25) is 24.7 Å². The lowest BCUT2D eigenvalue weighted by Crippen LogP contribution is -2.54. The van der Waals surface area contributed by atoms with E-state index in [0.717, 1.165) is 12.3 Å². The molecule has 0 saturated carbocycles. The summed E-state index contributed by atoms with van der Waals surface area (Å²) in [7, 11) is 0. The van der Waals surface area contributed by atoms with Crippen molar-refractivity contribution in [2.24, 2.45) is 22.2 Å². The predicted octanol–water partition coefficient (Wildman–Crippen LogP) is 2.18. The van der Waals surface area contributed by atoms with Gasteiger partial charge < -0.3 is 0 Å². The van der Waals surface area contributed by atoms with Crippen LogP contribution in [0, 0.1) is 17.3 Å². The first-order chi connectivity index (χ1) is 12.2. The molecule has 1 N–H and O–H groups in total. The fourth-order valence-corrected chi connectivity index (χ4v) is 4.23. The molecule has 5 nitrogen and oxygen atoms in total. The summed E-state index contributed by atoms with van der Waals surface area (Å²) >= 11 is 0. The number of carbonyl (C=O) groups is 3. The summed E-state index contributed by atoms with van der Waals surface area (Å²) in [5.41, 5.74) is -2.14. The Morgan fingerprint density at radius 1 is 1.19 bits per heavy atom. The minimum atomic E-state index is -4.62. The zero-order valence-corrected chi connectivity index (χ0v) is 13.3. The Morgan fingerprint density at radius 3 is 2.65 bits per heavy atom. The first-order valence-corrected chi connectivity index (χ1v) is 8.07. The van der Waals surface area contributed by atoms with Gasteiger partial charge >= 0.3 is 6.18 Å². The highest BCUT2D eigenvalue weighted by Crippen LogP contribution is 2.56. The molecule has 2 aliphatic heterocycles. The number of rotatable bonds is 1. The molecule has 1 fully saturated rings. The van der Waals surface area contributed by atoms with Gasteiger partial charge in [0, 0.05) is 12.6 Å². The van der Waals surface area contributed by atoms with Crippen LogP contribution in [0.25, 0.3) is 0 Å². The Morgan fingerprint density at radius 2 is 1.96 bits per heavy atom. The smallest absolute Gasteiger partial charge is 0.296 e. The standard InChI is InChI=1S/C18H13F3N2O3/c19-18(20,21)10-2-1-7-17-11(10)8-22-13(17)5-4-12(24)15(17)9-3-6-14(25)23-16(9)26/h1-2,4-5,7-9,15H,3,6H2,(H,23,25,26). The van der Waals surface area contributed by atoms with Crippen LogP contribution in [0.1, 0.15) is 12.8 Å². The molecule has 0 aromatic carbocycles. The first kappa shape index (κ1) is 16.7. The van der Waals surface area contributed by atoms with Gasteiger partial charge in [0.15, 0.2) is 5.78 Å². The molecule has 0 aromatic heterocycles. The van der Waals surface area contributed by atoms with E-state index in [1.54, 1.807) is 0 Å². The van der Waals surface area contributed by atoms with Crippen LogP contribution < -0.4 is 5.32 Å². The molecule has 0 aromatic rings. The van der Waals surface area contributed by atoms with Crippen LogP contribution >= 0.6 is 0 Å². The summed E-state index contributed by atoms with van der Waals surface area (Å²) < 4.78 is 40.5. The van der Waals surface area contributed by atoms with Crippen molar-refractivity contribution < 1.29 is 27.6 Å². The lowest BCUT2D eigenvalue weighted by molar-refractivity contribution is -0.141. The second kappa shape index (κ2) is 5.36. The molecule has 1 spiro atoms. The molecule has 4 aliphatic rings. The number of nitrogens with zero attached hydrogens (tertiary/aromatic N) is 1. The van der Waals surface area contributed by atoms with Crippen molar-refractivity contribution >= 4 is 23.3 Å². The van der Waals surface area contributed by atoms with E-state index in [4.69, 9.17) is 0 Å². The molecule has 3 atom stereocenters. The molecule has 8 heteroatoms. The Labute approximate surface area is 146 Å². The number of allylic oxidation sites excluding steroid dienone is 7. The summed E-state index contributed by atoms with van der Waals surface area (Å²) in [4.78, 5) is 40.6. The van der Waals surface area contributed by atoms with Gasteiger partial charge in [-0.2, -0.15) is 13.2 Å². The van der Waals surface area contributed by atoms with Gasteiger partial charge in [0.05, 0.1) is 28.5 Å². The molecular formula is C18H13F3N2O3. The third-order valence-corrected chi connectivity index (χ3v) is 5.31. The predicted molar refractivity (Wildman–Crippen MR) is 84.7 cm³/mol.